The zero-order valence-corrected chi connectivity index (χ0v) is 9.96. The van der Waals surface area contributed by atoms with Gasteiger partial charge in [-0.1, -0.05) is 0 Å². The summed E-state index contributed by atoms with van der Waals surface area (Å²) in [6.07, 6.45) is 1.23. The number of pyridine rings is 1. The van der Waals surface area contributed by atoms with E-state index in [2.05, 4.69) is 27.3 Å². The van der Waals surface area contributed by atoms with Crippen LogP contribution in [0.1, 0.15) is 18.0 Å². The van der Waals surface area contributed by atoms with Crippen LogP contribution in [0.25, 0.3) is 0 Å². The summed E-state index contributed by atoms with van der Waals surface area (Å²) in [5.74, 6) is 1.15. The van der Waals surface area contributed by atoms with Gasteiger partial charge in [0.2, 0.25) is 0 Å². The summed E-state index contributed by atoms with van der Waals surface area (Å²) in [7, 11) is 0. The van der Waals surface area contributed by atoms with Crippen molar-refractivity contribution in [2.45, 2.75) is 18.9 Å². The molecule has 15 heavy (non-hydrogen) atoms. The molecule has 2 atom stereocenters. The van der Waals surface area contributed by atoms with Crippen molar-refractivity contribution in [2.24, 2.45) is 5.92 Å². The summed E-state index contributed by atoms with van der Waals surface area (Å²) >= 11 is 3.31. The summed E-state index contributed by atoms with van der Waals surface area (Å²) in [6.45, 7) is 2.93. The van der Waals surface area contributed by atoms with Gasteiger partial charge in [-0.15, -0.1) is 0 Å². The monoisotopic (exact) mass is 268 g/mol. The maximum absolute atomic E-state index is 11.9. The number of nitrogens with zero attached hydrogens (tertiary/aromatic N) is 1. The van der Waals surface area contributed by atoms with E-state index in [0.717, 1.165) is 19.6 Å². The first-order chi connectivity index (χ1) is 7.25. The summed E-state index contributed by atoms with van der Waals surface area (Å²) < 4.78 is 2.63. The minimum Gasteiger partial charge on any atom is -0.316 e. The predicted molar refractivity (Wildman–Crippen MR) is 62.1 cm³/mol. The molecular formula is C11H13BrN2O. The van der Waals surface area contributed by atoms with Crippen LogP contribution in [0.3, 0.4) is 0 Å². The number of rotatable bonds is 0. The fourth-order valence-corrected chi connectivity index (χ4v) is 3.11. The second-order valence-electron chi connectivity index (χ2n) is 4.48. The SMILES string of the molecule is O=c1c(Br)ccc2n1CC1CNCC2C1. The zero-order chi connectivity index (χ0) is 10.4. The van der Waals surface area contributed by atoms with Crippen molar-refractivity contribution in [1.82, 2.24) is 9.88 Å². The van der Waals surface area contributed by atoms with Crippen LogP contribution >= 0.6 is 15.9 Å². The van der Waals surface area contributed by atoms with E-state index in [1.807, 2.05) is 10.6 Å². The van der Waals surface area contributed by atoms with Gasteiger partial charge >= 0.3 is 0 Å². The average Bonchev–Trinajstić information content (AvgIpc) is 2.25. The first-order valence-corrected chi connectivity index (χ1v) is 6.15. The molecule has 4 heteroatoms. The number of nitrogens with one attached hydrogen (secondary N) is 1. The molecule has 1 saturated heterocycles. The van der Waals surface area contributed by atoms with E-state index in [-0.39, 0.29) is 5.56 Å². The van der Waals surface area contributed by atoms with E-state index in [1.165, 1.54) is 12.1 Å². The van der Waals surface area contributed by atoms with Crippen LogP contribution in [0, 0.1) is 5.92 Å². The fraction of sp³-hybridized carbons (Fsp3) is 0.545. The van der Waals surface area contributed by atoms with E-state index in [1.54, 1.807) is 0 Å². The Morgan fingerprint density at radius 2 is 2.27 bits per heavy atom. The molecule has 0 aliphatic carbocycles. The van der Waals surface area contributed by atoms with Crippen molar-refractivity contribution in [3.8, 4) is 0 Å². The van der Waals surface area contributed by atoms with E-state index < -0.39 is 0 Å². The summed E-state index contributed by atoms with van der Waals surface area (Å²) in [5, 5.41) is 3.43. The standard InChI is InChI=1S/C11H13BrN2O/c12-9-1-2-10-8-3-7(4-13-5-8)6-14(10)11(9)15/h1-2,7-8,13H,3-6H2. The molecule has 3 rings (SSSR count). The van der Waals surface area contributed by atoms with Crippen LogP contribution in [0.15, 0.2) is 21.4 Å². The summed E-state index contributed by atoms with van der Waals surface area (Å²) in [5.41, 5.74) is 1.33. The Bertz CT molecular complexity index is 454. The van der Waals surface area contributed by atoms with Gasteiger partial charge in [-0.25, -0.2) is 0 Å². The molecule has 1 fully saturated rings. The molecule has 1 aromatic rings. The first-order valence-electron chi connectivity index (χ1n) is 5.35. The minimum absolute atomic E-state index is 0.129. The van der Waals surface area contributed by atoms with Crippen molar-refractivity contribution in [3.05, 3.63) is 32.7 Å². The lowest BCUT2D eigenvalue weighted by Crippen LogP contribution is -2.44. The van der Waals surface area contributed by atoms with Crippen molar-refractivity contribution in [1.29, 1.82) is 0 Å². The number of hydrogen-bond acceptors (Lipinski definition) is 2. The lowest BCUT2D eigenvalue weighted by molar-refractivity contribution is 0.257. The Hall–Kier alpha value is -0.610. The topological polar surface area (TPSA) is 34.0 Å². The van der Waals surface area contributed by atoms with Gasteiger partial charge in [0.15, 0.2) is 0 Å². The van der Waals surface area contributed by atoms with Crippen molar-refractivity contribution in [2.75, 3.05) is 13.1 Å². The lowest BCUT2D eigenvalue weighted by Gasteiger charge is -2.37. The van der Waals surface area contributed by atoms with Crippen LogP contribution in [-0.4, -0.2) is 17.7 Å². The molecule has 2 aliphatic rings. The second kappa shape index (κ2) is 3.46. The van der Waals surface area contributed by atoms with Crippen molar-refractivity contribution in [3.63, 3.8) is 0 Å². The zero-order valence-electron chi connectivity index (χ0n) is 8.37. The number of halogens is 1. The molecule has 1 N–H and O–H groups in total. The summed E-state index contributed by atoms with van der Waals surface area (Å²) in [6, 6.07) is 3.96. The molecule has 2 aliphatic heterocycles. The van der Waals surface area contributed by atoms with Crippen LogP contribution in [0.5, 0.6) is 0 Å². The smallest absolute Gasteiger partial charge is 0.265 e. The third-order valence-electron chi connectivity index (χ3n) is 3.46. The first kappa shape index (κ1) is 9.60. The number of aromatic nitrogens is 1. The van der Waals surface area contributed by atoms with Crippen molar-refractivity contribution >= 4 is 15.9 Å². The largest absolute Gasteiger partial charge is 0.316 e. The van der Waals surface area contributed by atoms with E-state index in [0.29, 0.717) is 16.3 Å². The fourth-order valence-electron chi connectivity index (χ4n) is 2.76. The number of piperidine rings is 1. The normalized spacial score (nSPS) is 28.6. The maximum Gasteiger partial charge on any atom is 0.265 e. The van der Waals surface area contributed by atoms with Crippen LogP contribution < -0.4 is 10.9 Å². The highest BCUT2D eigenvalue weighted by Gasteiger charge is 2.30. The van der Waals surface area contributed by atoms with Gasteiger partial charge in [0.1, 0.15) is 0 Å². The van der Waals surface area contributed by atoms with Crippen molar-refractivity contribution < 1.29 is 0 Å². The van der Waals surface area contributed by atoms with Crippen LogP contribution in [0.2, 0.25) is 0 Å². The van der Waals surface area contributed by atoms with Crippen LogP contribution in [-0.2, 0) is 6.54 Å². The highest BCUT2D eigenvalue weighted by atomic mass is 79.9. The molecule has 2 bridgehead atoms. The third-order valence-corrected chi connectivity index (χ3v) is 4.07. The second-order valence-corrected chi connectivity index (χ2v) is 5.33. The molecule has 2 unspecified atom stereocenters. The molecule has 80 valence electrons. The highest BCUT2D eigenvalue weighted by Crippen LogP contribution is 2.31. The van der Waals surface area contributed by atoms with Gasteiger partial charge in [0, 0.05) is 24.7 Å². The third kappa shape index (κ3) is 1.47. The molecular weight excluding hydrogens is 256 g/mol. The Morgan fingerprint density at radius 1 is 1.40 bits per heavy atom. The van der Waals surface area contributed by atoms with Gasteiger partial charge in [0.25, 0.3) is 5.56 Å². The Morgan fingerprint density at radius 3 is 3.13 bits per heavy atom. The average molecular weight is 269 g/mol. The Kier molecular flexibility index (Phi) is 2.21. The Labute approximate surface area is 96.6 Å². The molecule has 0 amide bonds. The molecule has 1 aromatic heterocycles. The van der Waals surface area contributed by atoms with E-state index in [9.17, 15) is 4.79 Å². The minimum atomic E-state index is 0.129. The highest BCUT2D eigenvalue weighted by molar-refractivity contribution is 9.10. The quantitative estimate of drug-likeness (QED) is 0.770. The molecule has 0 radical (unpaired) electrons. The predicted octanol–water partition coefficient (Wildman–Crippen LogP) is 1.32. The van der Waals surface area contributed by atoms with Gasteiger partial charge in [0.05, 0.1) is 4.47 Å². The van der Waals surface area contributed by atoms with Gasteiger partial charge < -0.3 is 9.88 Å². The van der Waals surface area contributed by atoms with Gasteiger partial charge in [-0.3, -0.25) is 4.79 Å². The number of hydrogen-bond donors (Lipinski definition) is 1. The van der Waals surface area contributed by atoms with Gasteiger partial charge in [-0.05, 0) is 46.9 Å². The maximum atomic E-state index is 11.9. The molecule has 3 nitrogen and oxygen atoms in total. The van der Waals surface area contributed by atoms with Crippen LogP contribution in [0.4, 0.5) is 0 Å². The van der Waals surface area contributed by atoms with Gasteiger partial charge in [-0.2, -0.15) is 0 Å². The molecule has 0 saturated carbocycles. The molecule has 3 heterocycles. The Balaban J connectivity index is 2.17. The molecule has 0 aromatic carbocycles. The van der Waals surface area contributed by atoms with E-state index >= 15 is 0 Å². The summed E-state index contributed by atoms with van der Waals surface area (Å²) in [4.78, 5) is 11.9. The lowest BCUT2D eigenvalue weighted by atomic mass is 9.84. The van der Waals surface area contributed by atoms with E-state index in [4.69, 9.17) is 0 Å². The molecule has 0 spiro atoms. The number of fused-ring (bicyclic) bond motifs is 4.